The highest BCUT2D eigenvalue weighted by atomic mass is 79.9. The first kappa shape index (κ1) is 20.5. The average Bonchev–Trinajstić information content (AvgIpc) is 3.14. The summed E-state index contributed by atoms with van der Waals surface area (Å²) in [7, 11) is 0. The van der Waals surface area contributed by atoms with Crippen LogP contribution in [0.5, 0.6) is 0 Å². The Morgan fingerprint density at radius 3 is 2.83 bits per heavy atom. The second-order valence-electron chi connectivity index (χ2n) is 7.17. The molecule has 0 saturated carbocycles. The minimum absolute atomic E-state index is 0.135. The molecule has 0 atom stereocenters. The molecule has 158 valence electrons. The van der Waals surface area contributed by atoms with Crippen LogP contribution in [0.2, 0.25) is 0 Å². The molecule has 3 aromatic heterocycles. The molecule has 0 bridgehead atoms. The number of H-pyrrole nitrogens is 1. The van der Waals surface area contributed by atoms with E-state index >= 15 is 0 Å². The lowest BCUT2D eigenvalue weighted by molar-refractivity contribution is -0.121. The fourth-order valence-electron chi connectivity index (χ4n) is 3.43. The predicted octanol–water partition coefficient (Wildman–Crippen LogP) is 1.57. The molecule has 1 aliphatic rings. The molecule has 1 amide bonds. The monoisotopic (exact) mass is 474 g/mol. The molecule has 1 saturated heterocycles. The van der Waals surface area contributed by atoms with Gasteiger partial charge in [-0.25, -0.2) is 9.97 Å². The maximum Gasteiger partial charge on any atom is 0.255 e. The maximum atomic E-state index is 12.5. The van der Waals surface area contributed by atoms with Gasteiger partial charge in [0.1, 0.15) is 5.65 Å². The Morgan fingerprint density at radius 2 is 2.07 bits per heavy atom. The standard InChI is InChI=1S/C20H23BrN6O3/c1-13-16(19(29)25-20(23-13)26-6-8-30-9-7-26)3-5-18(28)22-10-15-12-27-11-14(21)2-4-17(27)24-15/h2,4,11-12H,3,5-10H2,1H3,(H,22,28)(H,23,25,29). The molecule has 0 aromatic carbocycles. The van der Waals surface area contributed by atoms with Gasteiger partial charge in [0.05, 0.1) is 25.5 Å². The van der Waals surface area contributed by atoms with Crippen LogP contribution in [0.3, 0.4) is 0 Å². The van der Waals surface area contributed by atoms with E-state index < -0.39 is 0 Å². The Labute approximate surface area is 181 Å². The highest BCUT2D eigenvalue weighted by molar-refractivity contribution is 9.10. The van der Waals surface area contributed by atoms with Crippen molar-refractivity contribution in [2.24, 2.45) is 0 Å². The highest BCUT2D eigenvalue weighted by Gasteiger charge is 2.17. The van der Waals surface area contributed by atoms with E-state index in [1.54, 1.807) is 6.92 Å². The number of morpholine rings is 1. The van der Waals surface area contributed by atoms with E-state index in [9.17, 15) is 9.59 Å². The molecule has 0 radical (unpaired) electrons. The van der Waals surface area contributed by atoms with Crippen molar-refractivity contribution < 1.29 is 9.53 Å². The van der Waals surface area contributed by atoms with Crippen molar-refractivity contribution in [2.75, 3.05) is 31.2 Å². The van der Waals surface area contributed by atoms with Crippen molar-refractivity contribution >= 4 is 33.4 Å². The highest BCUT2D eigenvalue weighted by Crippen LogP contribution is 2.13. The number of aromatic amines is 1. The quantitative estimate of drug-likeness (QED) is 0.561. The third-order valence-electron chi connectivity index (χ3n) is 5.05. The van der Waals surface area contributed by atoms with Crippen molar-refractivity contribution in [2.45, 2.75) is 26.3 Å². The lowest BCUT2D eigenvalue weighted by Gasteiger charge is -2.27. The number of rotatable bonds is 6. The van der Waals surface area contributed by atoms with Crippen LogP contribution < -0.4 is 15.8 Å². The molecular weight excluding hydrogens is 452 g/mol. The lowest BCUT2D eigenvalue weighted by atomic mass is 10.1. The molecule has 0 spiro atoms. The van der Waals surface area contributed by atoms with Gasteiger partial charge in [-0.1, -0.05) is 0 Å². The number of aromatic nitrogens is 4. The molecule has 2 N–H and O–H groups in total. The van der Waals surface area contributed by atoms with E-state index in [2.05, 4.69) is 36.2 Å². The third kappa shape index (κ3) is 4.71. The van der Waals surface area contributed by atoms with Crippen molar-refractivity contribution in [1.29, 1.82) is 0 Å². The van der Waals surface area contributed by atoms with E-state index in [1.807, 2.05) is 33.8 Å². The minimum atomic E-state index is -0.192. The van der Waals surface area contributed by atoms with Gasteiger partial charge < -0.3 is 19.4 Å². The molecule has 3 aromatic rings. The number of nitrogens with zero attached hydrogens (tertiary/aromatic N) is 4. The molecule has 1 aliphatic heterocycles. The molecule has 30 heavy (non-hydrogen) atoms. The van der Waals surface area contributed by atoms with Crippen LogP contribution in [0, 0.1) is 6.92 Å². The first-order valence-corrected chi connectivity index (χ1v) is 10.6. The van der Waals surface area contributed by atoms with Gasteiger partial charge in [0.2, 0.25) is 11.9 Å². The number of imidazole rings is 1. The number of carbonyl (C=O) groups is 1. The largest absolute Gasteiger partial charge is 0.378 e. The summed E-state index contributed by atoms with van der Waals surface area (Å²) in [6.45, 7) is 4.78. The summed E-state index contributed by atoms with van der Waals surface area (Å²) in [5.41, 5.74) is 2.59. The predicted molar refractivity (Wildman–Crippen MR) is 116 cm³/mol. The van der Waals surface area contributed by atoms with E-state index in [-0.39, 0.29) is 17.9 Å². The van der Waals surface area contributed by atoms with Gasteiger partial charge in [-0.05, 0) is 41.4 Å². The number of hydrogen-bond acceptors (Lipinski definition) is 6. The van der Waals surface area contributed by atoms with Gasteiger partial charge in [0.25, 0.3) is 5.56 Å². The Balaban J connectivity index is 1.34. The fourth-order valence-corrected chi connectivity index (χ4v) is 3.79. The topological polar surface area (TPSA) is 105 Å². The first-order chi connectivity index (χ1) is 14.5. The average molecular weight is 475 g/mol. The van der Waals surface area contributed by atoms with Crippen molar-refractivity contribution in [3.8, 4) is 0 Å². The van der Waals surface area contributed by atoms with Gasteiger partial charge >= 0.3 is 0 Å². The number of fused-ring (bicyclic) bond motifs is 1. The maximum absolute atomic E-state index is 12.5. The Bertz CT molecular complexity index is 1120. The second kappa shape index (κ2) is 8.97. The summed E-state index contributed by atoms with van der Waals surface area (Å²) >= 11 is 3.43. The Kier molecular flexibility index (Phi) is 6.14. The van der Waals surface area contributed by atoms with Gasteiger partial charge in [-0.2, -0.15) is 0 Å². The Hall–Kier alpha value is -2.72. The van der Waals surface area contributed by atoms with Crippen LogP contribution in [0.4, 0.5) is 5.95 Å². The van der Waals surface area contributed by atoms with Crippen molar-refractivity contribution in [3.63, 3.8) is 0 Å². The number of nitrogens with one attached hydrogen (secondary N) is 2. The van der Waals surface area contributed by atoms with Gasteiger partial charge in [0, 0.05) is 47.6 Å². The summed E-state index contributed by atoms with van der Waals surface area (Å²) in [6, 6.07) is 3.82. The normalized spacial score (nSPS) is 14.3. The number of hydrogen-bond donors (Lipinski definition) is 2. The number of carbonyl (C=O) groups excluding carboxylic acids is 1. The smallest absolute Gasteiger partial charge is 0.255 e. The van der Waals surface area contributed by atoms with E-state index in [0.29, 0.717) is 56.5 Å². The van der Waals surface area contributed by atoms with Crippen LogP contribution >= 0.6 is 15.9 Å². The molecule has 9 nitrogen and oxygen atoms in total. The number of ether oxygens (including phenoxy) is 1. The molecule has 10 heteroatoms. The summed E-state index contributed by atoms with van der Waals surface area (Å²) in [5.74, 6) is 0.428. The van der Waals surface area contributed by atoms with Crippen molar-refractivity contribution in [1.82, 2.24) is 24.7 Å². The Morgan fingerprint density at radius 1 is 1.27 bits per heavy atom. The van der Waals surface area contributed by atoms with E-state index in [0.717, 1.165) is 15.8 Å². The molecule has 4 rings (SSSR count). The summed E-state index contributed by atoms with van der Waals surface area (Å²) in [4.78, 5) is 38.7. The number of anilines is 1. The minimum Gasteiger partial charge on any atom is -0.378 e. The number of pyridine rings is 1. The zero-order chi connectivity index (χ0) is 21.1. The second-order valence-corrected chi connectivity index (χ2v) is 8.09. The summed E-state index contributed by atoms with van der Waals surface area (Å²) < 4.78 is 8.19. The number of aryl methyl sites for hydroxylation is 1. The summed E-state index contributed by atoms with van der Waals surface area (Å²) in [5, 5.41) is 2.87. The lowest BCUT2D eigenvalue weighted by Crippen LogP contribution is -2.38. The third-order valence-corrected chi connectivity index (χ3v) is 5.52. The molecule has 0 aliphatic carbocycles. The molecule has 4 heterocycles. The zero-order valence-corrected chi connectivity index (χ0v) is 18.2. The zero-order valence-electron chi connectivity index (χ0n) is 16.7. The molecular formula is C20H23BrN6O3. The van der Waals surface area contributed by atoms with Crippen LogP contribution in [0.25, 0.3) is 5.65 Å². The van der Waals surface area contributed by atoms with E-state index in [4.69, 9.17) is 4.74 Å². The number of halogens is 1. The van der Waals surface area contributed by atoms with Crippen LogP contribution in [-0.4, -0.2) is 51.6 Å². The fraction of sp³-hybridized carbons (Fsp3) is 0.400. The van der Waals surface area contributed by atoms with Crippen LogP contribution in [-0.2, 0) is 22.5 Å². The van der Waals surface area contributed by atoms with Gasteiger partial charge in [0.15, 0.2) is 0 Å². The van der Waals surface area contributed by atoms with Crippen molar-refractivity contribution in [3.05, 3.63) is 56.3 Å². The van der Waals surface area contributed by atoms with Crippen LogP contribution in [0.15, 0.2) is 33.8 Å². The first-order valence-electron chi connectivity index (χ1n) is 9.82. The SMILES string of the molecule is Cc1nc(N2CCOCC2)[nH]c(=O)c1CCC(=O)NCc1cn2cc(Br)ccc2n1. The van der Waals surface area contributed by atoms with E-state index in [1.165, 1.54) is 0 Å². The molecule has 0 unspecified atom stereocenters. The van der Waals surface area contributed by atoms with Crippen LogP contribution in [0.1, 0.15) is 23.4 Å². The molecule has 1 fully saturated rings. The summed E-state index contributed by atoms with van der Waals surface area (Å²) in [6.07, 6.45) is 4.34. The number of amides is 1. The van der Waals surface area contributed by atoms with Gasteiger partial charge in [-0.15, -0.1) is 0 Å². The van der Waals surface area contributed by atoms with Gasteiger partial charge in [-0.3, -0.25) is 14.6 Å².